The summed E-state index contributed by atoms with van der Waals surface area (Å²) in [5.41, 5.74) is 0.959. The van der Waals surface area contributed by atoms with Crippen molar-refractivity contribution in [3.05, 3.63) is 30.2 Å². The molecule has 0 bridgehead atoms. The van der Waals surface area contributed by atoms with Gasteiger partial charge in [-0.2, -0.15) is 0 Å². The van der Waals surface area contributed by atoms with Crippen LogP contribution in [0.4, 0.5) is 0 Å². The van der Waals surface area contributed by atoms with Crippen molar-refractivity contribution in [2.24, 2.45) is 0 Å². The molecule has 0 unspecified atom stereocenters. The van der Waals surface area contributed by atoms with E-state index in [-0.39, 0.29) is 6.42 Å². The molecule has 0 saturated carbocycles. The van der Waals surface area contributed by atoms with E-state index in [9.17, 15) is 4.79 Å². The maximum Gasteiger partial charge on any atom is 0.303 e. The van der Waals surface area contributed by atoms with Gasteiger partial charge in [0.25, 0.3) is 0 Å². The Morgan fingerprint density at radius 2 is 2.50 bits per heavy atom. The number of furan rings is 1. The molecule has 0 spiro atoms. The zero-order valence-electron chi connectivity index (χ0n) is 6.56. The number of hydrogen-bond acceptors (Lipinski definition) is 2. The minimum Gasteiger partial charge on any atom is -0.481 e. The summed E-state index contributed by atoms with van der Waals surface area (Å²) < 4.78 is 4.83. The lowest BCUT2D eigenvalue weighted by Crippen LogP contribution is -1.91. The van der Waals surface area contributed by atoms with Crippen LogP contribution in [0.1, 0.15) is 18.4 Å². The van der Waals surface area contributed by atoms with Crippen molar-refractivity contribution in [1.82, 2.24) is 0 Å². The molecule has 0 aliphatic carbocycles. The molecular formula is C9H10O3. The number of allylic oxidation sites excluding steroid dienone is 1. The minimum atomic E-state index is -0.771. The van der Waals surface area contributed by atoms with Gasteiger partial charge in [0.1, 0.15) is 0 Å². The number of carboxylic acid groups (broad SMARTS) is 1. The molecule has 0 aliphatic heterocycles. The molecule has 12 heavy (non-hydrogen) atoms. The summed E-state index contributed by atoms with van der Waals surface area (Å²) in [6.07, 6.45) is 7.58. The summed E-state index contributed by atoms with van der Waals surface area (Å²) in [6.45, 7) is 0. The van der Waals surface area contributed by atoms with Gasteiger partial charge in [0.2, 0.25) is 0 Å². The second kappa shape index (κ2) is 4.38. The lowest BCUT2D eigenvalue weighted by molar-refractivity contribution is -0.136. The van der Waals surface area contributed by atoms with E-state index in [1.807, 2.05) is 18.2 Å². The maximum atomic E-state index is 10.1. The number of carbonyl (C=O) groups is 1. The molecule has 3 nitrogen and oxygen atoms in total. The van der Waals surface area contributed by atoms with Crippen molar-refractivity contribution in [3.8, 4) is 0 Å². The van der Waals surface area contributed by atoms with E-state index in [4.69, 9.17) is 9.52 Å². The van der Waals surface area contributed by atoms with Crippen molar-refractivity contribution >= 4 is 12.0 Å². The first-order valence-corrected chi connectivity index (χ1v) is 3.69. The molecule has 3 heteroatoms. The highest BCUT2D eigenvalue weighted by molar-refractivity contribution is 5.67. The van der Waals surface area contributed by atoms with Crippen LogP contribution in [0.15, 0.2) is 29.1 Å². The molecule has 1 aromatic rings. The summed E-state index contributed by atoms with van der Waals surface area (Å²) in [6, 6.07) is 1.82. The van der Waals surface area contributed by atoms with Gasteiger partial charge in [0.15, 0.2) is 0 Å². The second-order valence-corrected chi connectivity index (χ2v) is 2.39. The van der Waals surface area contributed by atoms with Crippen LogP contribution in [-0.2, 0) is 4.79 Å². The zero-order valence-corrected chi connectivity index (χ0v) is 6.56. The topological polar surface area (TPSA) is 50.4 Å². The average Bonchev–Trinajstić information content (AvgIpc) is 2.49. The Kier molecular flexibility index (Phi) is 3.14. The third-order valence-corrected chi connectivity index (χ3v) is 1.38. The normalized spacial score (nSPS) is 10.7. The van der Waals surface area contributed by atoms with Crippen LogP contribution in [0, 0.1) is 0 Å². The van der Waals surface area contributed by atoms with E-state index in [0.29, 0.717) is 6.42 Å². The maximum absolute atomic E-state index is 10.1. The number of hydrogen-bond donors (Lipinski definition) is 1. The van der Waals surface area contributed by atoms with E-state index in [0.717, 1.165) is 5.56 Å². The van der Waals surface area contributed by atoms with Gasteiger partial charge in [0.05, 0.1) is 12.5 Å². The Labute approximate surface area is 70.3 Å². The summed E-state index contributed by atoms with van der Waals surface area (Å²) in [5.74, 6) is -0.771. The Balaban J connectivity index is 2.27. The number of carboxylic acids is 1. The Bertz CT molecular complexity index is 259. The van der Waals surface area contributed by atoms with Crippen LogP contribution in [0.3, 0.4) is 0 Å². The first kappa shape index (κ1) is 8.59. The Morgan fingerprint density at radius 1 is 1.67 bits per heavy atom. The lowest BCUT2D eigenvalue weighted by atomic mass is 10.2. The van der Waals surface area contributed by atoms with Gasteiger partial charge >= 0.3 is 5.97 Å². The van der Waals surface area contributed by atoms with Crippen LogP contribution in [0.2, 0.25) is 0 Å². The van der Waals surface area contributed by atoms with Gasteiger partial charge in [0, 0.05) is 12.0 Å². The SMILES string of the molecule is O=C(O)CC/C=C/c1ccoc1. The van der Waals surface area contributed by atoms with Gasteiger partial charge in [-0.25, -0.2) is 0 Å². The first-order chi connectivity index (χ1) is 5.79. The predicted octanol–water partition coefficient (Wildman–Crippen LogP) is 2.16. The largest absolute Gasteiger partial charge is 0.481 e. The van der Waals surface area contributed by atoms with Gasteiger partial charge in [-0.1, -0.05) is 12.2 Å². The van der Waals surface area contributed by atoms with Gasteiger partial charge in [-0.3, -0.25) is 4.79 Å². The summed E-state index contributed by atoms with van der Waals surface area (Å²) >= 11 is 0. The molecule has 1 N–H and O–H groups in total. The molecule has 0 aliphatic rings. The zero-order chi connectivity index (χ0) is 8.81. The number of aliphatic carboxylic acids is 1. The fourth-order valence-corrected chi connectivity index (χ4v) is 0.796. The van der Waals surface area contributed by atoms with E-state index in [1.54, 1.807) is 12.5 Å². The molecule has 0 saturated heterocycles. The fraction of sp³-hybridized carbons (Fsp3) is 0.222. The highest BCUT2D eigenvalue weighted by atomic mass is 16.4. The standard InChI is InChI=1S/C9H10O3/c10-9(11)4-2-1-3-8-5-6-12-7-8/h1,3,5-7H,2,4H2,(H,10,11)/b3-1+. The smallest absolute Gasteiger partial charge is 0.303 e. The van der Waals surface area contributed by atoms with Crippen LogP contribution in [-0.4, -0.2) is 11.1 Å². The van der Waals surface area contributed by atoms with Crippen LogP contribution >= 0.6 is 0 Å². The van der Waals surface area contributed by atoms with Crippen molar-refractivity contribution in [2.45, 2.75) is 12.8 Å². The van der Waals surface area contributed by atoms with E-state index >= 15 is 0 Å². The van der Waals surface area contributed by atoms with E-state index in [2.05, 4.69) is 0 Å². The van der Waals surface area contributed by atoms with Crippen molar-refractivity contribution in [3.63, 3.8) is 0 Å². The van der Waals surface area contributed by atoms with Crippen LogP contribution in [0.25, 0.3) is 6.08 Å². The molecule has 1 rings (SSSR count). The molecular weight excluding hydrogens is 156 g/mol. The molecule has 1 heterocycles. The quantitative estimate of drug-likeness (QED) is 0.745. The molecule has 0 fully saturated rings. The summed E-state index contributed by atoms with van der Waals surface area (Å²) in [5, 5.41) is 8.32. The third kappa shape index (κ3) is 3.05. The van der Waals surface area contributed by atoms with Crippen LogP contribution < -0.4 is 0 Å². The highest BCUT2D eigenvalue weighted by Crippen LogP contribution is 2.03. The minimum absolute atomic E-state index is 0.175. The fourth-order valence-electron chi connectivity index (χ4n) is 0.796. The molecule has 64 valence electrons. The van der Waals surface area contributed by atoms with E-state index < -0.39 is 5.97 Å². The Hall–Kier alpha value is -1.51. The highest BCUT2D eigenvalue weighted by Gasteiger charge is 1.92. The second-order valence-electron chi connectivity index (χ2n) is 2.39. The van der Waals surface area contributed by atoms with Gasteiger partial charge < -0.3 is 9.52 Å². The third-order valence-electron chi connectivity index (χ3n) is 1.38. The number of rotatable bonds is 4. The van der Waals surface area contributed by atoms with E-state index in [1.165, 1.54) is 0 Å². The average molecular weight is 166 g/mol. The van der Waals surface area contributed by atoms with Gasteiger partial charge in [-0.05, 0) is 12.5 Å². The van der Waals surface area contributed by atoms with Crippen LogP contribution in [0.5, 0.6) is 0 Å². The molecule has 1 aromatic heterocycles. The van der Waals surface area contributed by atoms with Gasteiger partial charge in [-0.15, -0.1) is 0 Å². The van der Waals surface area contributed by atoms with Crippen molar-refractivity contribution in [2.75, 3.05) is 0 Å². The molecule has 0 radical (unpaired) electrons. The lowest BCUT2D eigenvalue weighted by Gasteiger charge is -1.86. The monoisotopic (exact) mass is 166 g/mol. The molecule has 0 atom stereocenters. The van der Waals surface area contributed by atoms with Crippen molar-refractivity contribution < 1.29 is 14.3 Å². The summed E-state index contributed by atoms with van der Waals surface area (Å²) in [4.78, 5) is 10.1. The predicted molar refractivity (Wildman–Crippen MR) is 44.6 cm³/mol. The molecule has 0 amide bonds. The van der Waals surface area contributed by atoms with Crippen molar-refractivity contribution in [1.29, 1.82) is 0 Å². The first-order valence-electron chi connectivity index (χ1n) is 3.69. The Morgan fingerprint density at radius 3 is 3.08 bits per heavy atom. The summed E-state index contributed by atoms with van der Waals surface area (Å²) in [7, 11) is 0. The molecule has 0 aromatic carbocycles.